The van der Waals surface area contributed by atoms with E-state index in [9.17, 15) is 21.6 Å². The molecule has 0 spiro atoms. The fourth-order valence-electron chi connectivity index (χ4n) is 1.19. The highest BCUT2D eigenvalue weighted by atomic mass is 35.7. The van der Waals surface area contributed by atoms with Crippen LogP contribution in [0.2, 0.25) is 0 Å². The van der Waals surface area contributed by atoms with E-state index in [1.807, 2.05) is 0 Å². The van der Waals surface area contributed by atoms with Crippen molar-refractivity contribution in [2.24, 2.45) is 0 Å². The number of benzene rings is 1. The van der Waals surface area contributed by atoms with Crippen LogP contribution in [-0.4, -0.2) is 14.2 Å². The van der Waals surface area contributed by atoms with Gasteiger partial charge in [0.1, 0.15) is 0 Å². The number of hydrogen-bond donors (Lipinski definition) is 0. The van der Waals surface area contributed by atoms with E-state index < -0.39 is 26.5 Å². The van der Waals surface area contributed by atoms with Crippen LogP contribution in [0.1, 0.15) is 11.1 Å². The molecule has 1 rings (SSSR count). The van der Waals surface area contributed by atoms with Crippen LogP contribution in [0.25, 0.3) is 6.08 Å². The SMILES string of the molecule is O=S(=O)(Cl)CC=Cc1ccccc1C(F)(F)F. The van der Waals surface area contributed by atoms with Gasteiger partial charge >= 0.3 is 6.18 Å². The summed E-state index contributed by atoms with van der Waals surface area (Å²) >= 11 is 0. The quantitative estimate of drug-likeness (QED) is 0.798. The first-order valence-corrected chi connectivity index (χ1v) is 6.93. The molecule has 7 heteroatoms. The van der Waals surface area contributed by atoms with E-state index in [0.29, 0.717) is 0 Å². The number of rotatable bonds is 3. The van der Waals surface area contributed by atoms with Crippen LogP contribution in [0, 0.1) is 0 Å². The van der Waals surface area contributed by atoms with Crippen LogP contribution in [0.15, 0.2) is 30.3 Å². The van der Waals surface area contributed by atoms with E-state index in [1.54, 1.807) is 0 Å². The first kappa shape index (κ1) is 14.1. The Bertz CT molecular complexity index is 521. The molecule has 2 nitrogen and oxygen atoms in total. The van der Waals surface area contributed by atoms with Crippen LogP contribution < -0.4 is 0 Å². The van der Waals surface area contributed by atoms with E-state index in [-0.39, 0.29) is 5.56 Å². The zero-order chi connectivity index (χ0) is 13.1. The molecule has 0 saturated carbocycles. The van der Waals surface area contributed by atoms with Gasteiger partial charge in [0.05, 0.1) is 11.3 Å². The van der Waals surface area contributed by atoms with Crippen molar-refractivity contribution in [3.8, 4) is 0 Å². The molecule has 0 radical (unpaired) electrons. The van der Waals surface area contributed by atoms with Gasteiger partial charge < -0.3 is 0 Å². The first-order chi connectivity index (χ1) is 7.70. The maximum Gasteiger partial charge on any atom is 0.416 e. The summed E-state index contributed by atoms with van der Waals surface area (Å²) in [5.41, 5.74) is -0.913. The topological polar surface area (TPSA) is 34.1 Å². The molecule has 0 atom stereocenters. The van der Waals surface area contributed by atoms with Crippen LogP contribution >= 0.6 is 10.7 Å². The Kier molecular flexibility index (Phi) is 4.21. The molecule has 0 saturated heterocycles. The maximum atomic E-state index is 12.5. The van der Waals surface area contributed by atoms with Crippen LogP contribution in [0.4, 0.5) is 13.2 Å². The van der Waals surface area contributed by atoms with Crippen molar-refractivity contribution < 1.29 is 21.6 Å². The highest BCUT2D eigenvalue weighted by Gasteiger charge is 2.32. The second-order valence-corrected chi connectivity index (χ2v) is 6.01. The molecule has 0 unspecified atom stereocenters. The molecule has 94 valence electrons. The Labute approximate surface area is 101 Å². The lowest BCUT2D eigenvalue weighted by atomic mass is 10.1. The summed E-state index contributed by atoms with van der Waals surface area (Å²) in [5.74, 6) is -0.513. The van der Waals surface area contributed by atoms with Crippen molar-refractivity contribution >= 4 is 25.8 Å². The van der Waals surface area contributed by atoms with Crippen molar-refractivity contribution in [1.29, 1.82) is 0 Å². The average molecular weight is 285 g/mol. The zero-order valence-electron chi connectivity index (χ0n) is 8.41. The van der Waals surface area contributed by atoms with Gasteiger partial charge in [-0.25, -0.2) is 8.42 Å². The lowest BCUT2D eigenvalue weighted by Gasteiger charge is -2.09. The molecule has 0 bridgehead atoms. The summed E-state index contributed by atoms with van der Waals surface area (Å²) in [7, 11) is 1.19. The zero-order valence-corrected chi connectivity index (χ0v) is 9.98. The summed E-state index contributed by atoms with van der Waals surface area (Å²) in [6.45, 7) is 0. The second-order valence-electron chi connectivity index (χ2n) is 3.19. The Morgan fingerprint density at radius 1 is 1.24 bits per heavy atom. The lowest BCUT2D eigenvalue weighted by Crippen LogP contribution is -2.06. The van der Waals surface area contributed by atoms with Gasteiger partial charge in [-0.3, -0.25) is 0 Å². The molecule has 0 aromatic heterocycles. The largest absolute Gasteiger partial charge is 0.416 e. The first-order valence-electron chi connectivity index (χ1n) is 4.45. The van der Waals surface area contributed by atoms with E-state index in [0.717, 1.165) is 18.2 Å². The third-order valence-electron chi connectivity index (χ3n) is 1.86. The van der Waals surface area contributed by atoms with E-state index in [4.69, 9.17) is 10.7 Å². The number of halogens is 4. The fourth-order valence-corrected chi connectivity index (χ4v) is 1.73. The minimum Gasteiger partial charge on any atom is -0.212 e. The molecule has 0 N–H and O–H groups in total. The fraction of sp³-hybridized carbons (Fsp3) is 0.200. The predicted molar refractivity (Wildman–Crippen MR) is 60.1 cm³/mol. The Morgan fingerprint density at radius 3 is 2.35 bits per heavy atom. The summed E-state index contributed by atoms with van der Waals surface area (Å²) < 4.78 is 58.8. The van der Waals surface area contributed by atoms with Gasteiger partial charge in [-0.2, -0.15) is 13.2 Å². The maximum absolute atomic E-state index is 12.5. The van der Waals surface area contributed by atoms with Gasteiger partial charge in [-0.1, -0.05) is 30.4 Å². The number of alkyl halides is 3. The molecule has 0 aliphatic heterocycles. The van der Waals surface area contributed by atoms with Crippen molar-refractivity contribution in [3.05, 3.63) is 41.5 Å². The Balaban J connectivity index is 3.00. The smallest absolute Gasteiger partial charge is 0.212 e. The molecule has 0 amide bonds. The van der Waals surface area contributed by atoms with Gasteiger partial charge in [0, 0.05) is 10.7 Å². The van der Waals surface area contributed by atoms with Crippen LogP contribution in [0.3, 0.4) is 0 Å². The van der Waals surface area contributed by atoms with Crippen LogP contribution in [-0.2, 0) is 15.2 Å². The summed E-state index contributed by atoms with van der Waals surface area (Å²) in [6, 6.07) is 4.87. The summed E-state index contributed by atoms with van der Waals surface area (Å²) in [5, 5.41) is 0. The monoisotopic (exact) mass is 284 g/mol. The van der Waals surface area contributed by atoms with Gasteiger partial charge in [-0.15, -0.1) is 0 Å². The normalized spacial score (nSPS) is 13.2. The molecule has 1 aromatic rings. The highest BCUT2D eigenvalue weighted by molar-refractivity contribution is 8.13. The second kappa shape index (κ2) is 5.10. The predicted octanol–water partition coefficient (Wildman–Crippen LogP) is 3.29. The van der Waals surface area contributed by atoms with Gasteiger partial charge in [0.2, 0.25) is 9.05 Å². The third-order valence-corrected chi connectivity index (χ3v) is 2.83. The molecule has 17 heavy (non-hydrogen) atoms. The molecule has 0 aliphatic rings. The van der Waals surface area contributed by atoms with Gasteiger partial charge in [-0.05, 0) is 11.6 Å². The molecular formula is C10H8ClF3O2S. The van der Waals surface area contributed by atoms with Crippen molar-refractivity contribution in [3.63, 3.8) is 0 Å². The van der Waals surface area contributed by atoms with E-state index in [2.05, 4.69) is 0 Å². The molecule has 1 aromatic carbocycles. The summed E-state index contributed by atoms with van der Waals surface area (Å²) in [4.78, 5) is 0. The summed E-state index contributed by atoms with van der Waals surface area (Å²) in [6.07, 6.45) is -2.31. The molecule has 0 heterocycles. The van der Waals surface area contributed by atoms with Crippen molar-refractivity contribution in [2.45, 2.75) is 6.18 Å². The minimum atomic E-state index is -4.47. The van der Waals surface area contributed by atoms with Crippen LogP contribution in [0.5, 0.6) is 0 Å². The molecule has 0 aliphatic carbocycles. The lowest BCUT2D eigenvalue weighted by molar-refractivity contribution is -0.137. The van der Waals surface area contributed by atoms with E-state index in [1.165, 1.54) is 18.2 Å². The average Bonchev–Trinajstić information content (AvgIpc) is 2.15. The molecule has 0 fully saturated rings. The van der Waals surface area contributed by atoms with E-state index >= 15 is 0 Å². The molecular weight excluding hydrogens is 277 g/mol. The van der Waals surface area contributed by atoms with Crippen molar-refractivity contribution in [1.82, 2.24) is 0 Å². The minimum absolute atomic E-state index is 0.0969. The van der Waals surface area contributed by atoms with Gasteiger partial charge in [0.15, 0.2) is 0 Å². The Hall–Kier alpha value is -1.01. The Morgan fingerprint density at radius 2 is 1.82 bits per heavy atom. The third kappa shape index (κ3) is 4.79. The number of hydrogen-bond acceptors (Lipinski definition) is 2. The van der Waals surface area contributed by atoms with Crippen molar-refractivity contribution in [2.75, 3.05) is 5.75 Å². The van der Waals surface area contributed by atoms with Gasteiger partial charge in [0.25, 0.3) is 0 Å². The highest BCUT2D eigenvalue weighted by Crippen LogP contribution is 2.32. The standard InChI is InChI=1S/C10H8ClF3O2S/c11-17(15,16)7-3-5-8-4-1-2-6-9(8)10(12,13)14/h1-6H,7H2.